The van der Waals surface area contributed by atoms with Crippen LogP contribution in [0.2, 0.25) is 5.02 Å². The zero-order valence-electron chi connectivity index (χ0n) is 20.1. The van der Waals surface area contributed by atoms with Gasteiger partial charge in [0.15, 0.2) is 12.4 Å². The van der Waals surface area contributed by atoms with Crippen molar-refractivity contribution in [3.63, 3.8) is 0 Å². The van der Waals surface area contributed by atoms with E-state index in [4.69, 9.17) is 30.5 Å². The number of hydrogen-bond acceptors (Lipinski definition) is 7. The number of unbranched alkanes of at least 4 members (excludes halogenated alkanes) is 1. The third kappa shape index (κ3) is 7.70. The molecule has 1 aliphatic rings. The number of carbonyl (C=O) groups is 1. The van der Waals surface area contributed by atoms with E-state index < -0.39 is 40.7 Å². The summed E-state index contributed by atoms with van der Waals surface area (Å²) in [7, 11) is 1.55. The summed E-state index contributed by atoms with van der Waals surface area (Å²) >= 11 is 5.96. The molecule has 0 aromatic heterocycles. The number of benzene rings is 2. The maximum atomic E-state index is 13.1. The molecule has 0 N–H and O–H groups in total. The van der Waals surface area contributed by atoms with E-state index in [2.05, 4.69) is 0 Å². The van der Waals surface area contributed by atoms with Crippen LogP contribution in [0.1, 0.15) is 31.7 Å². The van der Waals surface area contributed by atoms with Crippen molar-refractivity contribution in [2.24, 2.45) is 0 Å². The van der Waals surface area contributed by atoms with Crippen molar-refractivity contribution in [1.82, 2.24) is 4.90 Å². The summed E-state index contributed by atoms with van der Waals surface area (Å²) in [5, 5.41) is 11.3. The van der Waals surface area contributed by atoms with Crippen molar-refractivity contribution >= 4 is 23.2 Å². The molecule has 0 radical (unpaired) electrons. The number of halogens is 4. The largest absolute Gasteiger partial charge is 0.473 e. The van der Waals surface area contributed by atoms with E-state index in [1.807, 2.05) is 6.92 Å². The fraction of sp³-hybridized carbons (Fsp3) is 0.458. The van der Waals surface area contributed by atoms with Crippen molar-refractivity contribution in [1.29, 1.82) is 0 Å². The number of rotatable bonds is 11. The molecule has 13 heteroatoms. The van der Waals surface area contributed by atoms with Gasteiger partial charge in [0.05, 0.1) is 35.3 Å². The fourth-order valence-corrected chi connectivity index (χ4v) is 3.76. The first kappa shape index (κ1) is 28.5. The molecule has 1 fully saturated rings. The number of ether oxygens (including phenoxy) is 4. The second-order valence-corrected chi connectivity index (χ2v) is 8.68. The number of nitrogens with zero attached hydrogens (tertiary/aromatic N) is 2. The summed E-state index contributed by atoms with van der Waals surface area (Å²) in [5.74, 6) is -0.727. The Morgan fingerprint density at radius 1 is 1.22 bits per heavy atom. The number of amides is 1. The normalized spacial score (nSPS) is 14.9. The van der Waals surface area contributed by atoms with Crippen molar-refractivity contribution in [3.8, 4) is 17.2 Å². The lowest BCUT2D eigenvalue weighted by molar-refractivity contribution is -0.386. The minimum Gasteiger partial charge on any atom is -0.473 e. The van der Waals surface area contributed by atoms with E-state index in [1.54, 1.807) is 7.05 Å². The van der Waals surface area contributed by atoms with Crippen LogP contribution in [0.15, 0.2) is 36.4 Å². The van der Waals surface area contributed by atoms with Crippen LogP contribution in [0, 0.1) is 10.1 Å². The number of hydrogen-bond donors (Lipinski definition) is 0. The predicted molar refractivity (Wildman–Crippen MR) is 127 cm³/mol. The molecule has 202 valence electrons. The van der Waals surface area contributed by atoms with Crippen molar-refractivity contribution in [2.75, 3.05) is 26.8 Å². The Bertz CT molecular complexity index is 1110. The van der Waals surface area contributed by atoms with Gasteiger partial charge in [0.25, 0.3) is 5.91 Å². The van der Waals surface area contributed by atoms with Crippen LogP contribution in [0.25, 0.3) is 0 Å². The SMILES string of the molecule is CCCCC(Oc1cc(Oc2ccc(C(F)(F)F)cc2Cl)ccc1[N+](=O)[O-])C(=O)N(C)CC1OCCO1. The van der Waals surface area contributed by atoms with Crippen molar-refractivity contribution in [2.45, 2.75) is 44.8 Å². The third-order valence-electron chi connectivity index (χ3n) is 5.47. The summed E-state index contributed by atoms with van der Waals surface area (Å²) in [6.07, 6.45) is -4.54. The molecule has 0 bridgehead atoms. The predicted octanol–water partition coefficient (Wildman–Crippen LogP) is 5.83. The van der Waals surface area contributed by atoms with E-state index in [-0.39, 0.29) is 28.8 Å². The molecule has 1 aliphatic heterocycles. The monoisotopic (exact) mass is 546 g/mol. The van der Waals surface area contributed by atoms with Gasteiger partial charge in [0.2, 0.25) is 5.75 Å². The molecular weight excluding hydrogens is 521 g/mol. The second-order valence-electron chi connectivity index (χ2n) is 8.27. The smallest absolute Gasteiger partial charge is 0.416 e. The van der Waals surface area contributed by atoms with Crippen LogP contribution >= 0.6 is 11.6 Å². The lowest BCUT2D eigenvalue weighted by Gasteiger charge is -2.26. The zero-order valence-corrected chi connectivity index (χ0v) is 20.9. The minimum absolute atomic E-state index is 0.0186. The van der Waals surface area contributed by atoms with Crippen LogP contribution in [-0.2, 0) is 20.4 Å². The van der Waals surface area contributed by atoms with E-state index in [0.29, 0.717) is 32.1 Å². The van der Waals surface area contributed by atoms with Gasteiger partial charge in [0.1, 0.15) is 11.5 Å². The van der Waals surface area contributed by atoms with E-state index >= 15 is 0 Å². The number of nitro benzene ring substituents is 1. The average Bonchev–Trinajstić information content (AvgIpc) is 3.34. The highest BCUT2D eigenvalue weighted by atomic mass is 35.5. The highest BCUT2D eigenvalue weighted by Crippen LogP contribution is 2.39. The Balaban J connectivity index is 1.84. The molecule has 37 heavy (non-hydrogen) atoms. The van der Waals surface area contributed by atoms with Gasteiger partial charge >= 0.3 is 11.9 Å². The van der Waals surface area contributed by atoms with Gasteiger partial charge in [-0.15, -0.1) is 0 Å². The maximum Gasteiger partial charge on any atom is 0.416 e. The first-order chi connectivity index (χ1) is 17.5. The summed E-state index contributed by atoms with van der Waals surface area (Å²) < 4.78 is 60.9. The standard InChI is InChI=1S/C24H26ClF3N2O7/c1-3-4-5-20(23(31)29(2)14-22-34-10-11-35-22)37-21-13-16(7-8-18(21)30(32)33)36-19-9-6-15(12-17(19)25)24(26,27)28/h6-9,12-13,20,22H,3-5,10-11,14H2,1-2H3. The van der Waals surface area contributed by atoms with Crippen molar-refractivity contribution in [3.05, 3.63) is 57.1 Å². The Morgan fingerprint density at radius 3 is 2.51 bits per heavy atom. The Hall–Kier alpha value is -3.09. The minimum atomic E-state index is -4.58. The molecule has 0 spiro atoms. The molecule has 2 aromatic carbocycles. The quantitative estimate of drug-likeness (QED) is 0.258. The van der Waals surface area contributed by atoms with Gasteiger partial charge in [0, 0.05) is 19.2 Å². The van der Waals surface area contributed by atoms with E-state index in [0.717, 1.165) is 24.6 Å². The molecule has 1 unspecified atom stereocenters. The zero-order chi connectivity index (χ0) is 27.2. The number of carbonyl (C=O) groups excluding carboxylic acids is 1. The molecule has 9 nitrogen and oxygen atoms in total. The lowest BCUT2D eigenvalue weighted by atomic mass is 10.1. The molecule has 2 aromatic rings. The molecule has 1 atom stereocenters. The maximum absolute atomic E-state index is 13.1. The van der Waals surface area contributed by atoms with Crippen LogP contribution in [-0.4, -0.2) is 54.9 Å². The summed E-state index contributed by atoms with van der Waals surface area (Å²) in [5.41, 5.74) is -1.36. The number of alkyl halides is 3. The van der Waals surface area contributed by atoms with Crippen LogP contribution in [0.3, 0.4) is 0 Å². The third-order valence-corrected chi connectivity index (χ3v) is 5.76. The molecular formula is C24H26ClF3N2O7. The van der Waals surface area contributed by atoms with E-state index in [9.17, 15) is 28.1 Å². The second kappa shape index (κ2) is 12.4. The van der Waals surface area contributed by atoms with Crippen LogP contribution in [0.4, 0.5) is 18.9 Å². The first-order valence-electron chi connectivity index (χ1n) is 11.5. The highest BCUT2D eigenvalue weighted by molar-refractivity contribution is 6.32. The lowest BCUT2D eigenvalue weighted by Crippen LogP contribution is -2.43. The Morgan fingerprint density at radius 2 is 1.92 bits per heavy atom. The number of likely N-dealkylation sites (N-methyl/N-ethyl adjacent to an activating group) is 1. The van der Waals surface area contributed by atoms with Gasteiger partial charge in [-0.1, -0.05) is 24.9 Å². The van der Waals surface area contributed by atoms with Crippen molar-refractivity contribution < 1.29 is 41.8 Å². The first-order valence-corrected chi connectivity index (χ1v) is 11.8. The van der Waals surface area contributed by atoms with Crippen LogP contribution < -0.4 is 9.47 Å². The summed E-state index contributed by atoms with van der Waals surface area (Å²) in [6, 6.07) is 6.13. The topological polar surface area (TPSA) is 100 Å². The molecule has 0 saturated carbocycles. The molecule has 1 amide bonds. The highest BCUT2D eigenvalue weighted by Gasteiger charge is 2.32. The molecule has 0 aliphatic carbocycles. The van der Waals surface area contributed by atoms with Gasteiger partial charge in [-0.2, -0.15) is 13.2 Å². The Labute approximate surface area is 216 Å². The van der Waals surface area contributed by atoms with Gasteiger partial charge in [-0.05, 0) is 37.1 Å². The Kier molecular flexibility index (Phi) is 9.57. The molecule has 3 rings (SSSR count). The summed E-state index contributed by atoms with van der Waals surface area (Å²) in [6.45, 7) is 2.92. The summed E-state index contributed by atoms with van der Waals surface area (Å²) in [4.78, 5) is 25.5. The molecule has 1 saturated heterocycles. The van der Waals surface area contributed by atoms with Gasteiger partial charge in [-0.3, -0.25) is 14.9 Å². The fourth-order valence-electron chi connectivity index (χ4n) is 3.54. The average molecular weight is 547 g/mol. The van der Waals surface area contributed by atoms with Crippen LogP contribution in [0.5, 0.6) is 17.2 Å². The van der Waals surface area contributed by atoms with Gasteiger partial charge < -0.3 is 23.8 Å². The number of nitro groups is 1. The van der Waals surface area contributed by atoms with Gasteiger partial charge in [-0.25, -0.2) is 0 Å². The molecule has 1 heterocycles. The van der Waals surface area contributed by atoms with E-state index in [1.165, 1.54) is 17.0 Å².